The van der Waals surface area contributed by atoms with Crippen molar-refractivity contribution in [1.29, 1.82) is 0 Å². The molecule has 114 valence electrons. The van der Waals surface area contributed by atoms with Gasteiger partial charge in [-0.3, -0.25) is 4.90 Å². The first-order valence-corrected chi connectivity index (χ1v) is 8.11. The van der Waals surface area contributed by atoms with Crippen LogP contribution in [0.1, 0.15) is 57.7 Å². The van der Waals surface area contributed by atoms with Gasteiger partial charge in [-0.1, -0.05) is 53.2 Å². The molecule has 1 atom stereocenters. The van der Waals surface area contributed by atoms with Crippen molar-refractivity contribution in [2.75, 3.05) is 13.1 Å². The number of aryl methyl sites for hydroxylation is 1. The molecule has 0 amide bonds. The second-order valence-corrected chi connectivity index (χ2v) is 5.80. The van der Waals surface area contributed by atoms with Gasteiger partial charge in [0.25, 0.3) is 0 Å². The maximum atomic E-state index is 10.4. The highest BCUT2D eigenvalue weighted by Gasteiger charge is 2.12. The van der Waals surface area contributed by atoms with Gasteiger partial charge < -0.3 is 5.11 Å². The second-order valence-electron chi connectivity index (χ2n) is 5.80. The Kier molecular flexibility index (Phi) is 7.08. The third-order valence-corrected chi connectivity index (χ3v) is 4.27. The number of nitrogens with zero attached hydrogens (tertiary/aromatic N) is 1. The number of aromatic hydroxyl groups is 1. The van der Waals surface area contributed by atoms with Crippen molar-refractivity contribution in [3.63, 3.8) is 0 Å². The third kappa shape index (κ3) is 4.52. The van der Waals surface area contributed by atoms with Crippen LogP contribution in [-0.4, -0.2) is 23.1 Å². The van der Waals surface area contributed by atoms with Crippen molar-refractivity contribution in [3.05, 3.63) is 28.8 Å². The van der Waals surface area contributed by atoms with Crippen LogP contribution >= 0.6 is 0 Å². The molecule has 0 aromatic heterocycles. The molecular formula is C18H31NO. The minimum Gasteiger partial charge on any atom is -0.507 e. The Morgan fingerprint density at radius 3 is 2.15 bits per heavy atom. The minimum absolute atomic E-state index is 0.524. The maximum absolute atomic E-state index is 10.4. The highest BCUT2D eigenvalue weighted by Crippen LogP contribution is 2.28. The van der Waals surface area contributed by atoms with Crippen molar-refractivity contribution in [3.8, 4) is 5.75 Å². The van der Waals surface area contributed by atoms with E-state index >= 15 is 0 Å². The van der Waals surface area contributed by atoms with E-state index < -0.39 is 0 Å². The van der Waals surface area contributed by atoms with Crippen LogP contribution in [0.4, 0.5) is 0 Å². The summed E-state index contributed by atoms with van der Waals surface area (Å²) in [6.07, 6.45) is 3.02. The lowest BCUT2D eigenvalue weighted by Gasteiger charge is -2.20. The summed E-state index contributed by atoms with van der Waals surface area (Å²) in [4.78, 5) is 2.42. The fraction of sp³-hybridized carbons (Fsp3) is 0.667. The Hall–Kier alpha value is -1.02. The average Bonchev–Trinajstić information content (AvgIpc) is 2.47. The molecule has 0 heterocycles. The van der Waals surface area contributed by atoms with Crippen molar-refractivity contribution >= 4 is 0 Å². The lowest BCUT2D eigenvalue weighted by molar-refractivity contribution is 0.295. The molecule has 0 aliphatic carbocycles. The summed E-state index contributed by atoms with van der Waals surface area (Å²) in [6.45, 7) is 14.1. The van der Waals surface area contributed by atoms with Gasteiger partial charge in [0.2, 0.25) is 0 Å². The zero-order valence-corrected chi connectivity index (χ0v) is 13.9. The fourth-order valence-electron chi connectivity index (χ4n) is 2.57. The van der Waals surface area contributed by atoms with E-state index in [0.717, 1.165) is 50.0 Å². The smallest absolute Gasteiger partial charge is 0.121 e. The van der Waals surface area contributed by atoms with Gasteiger partial charge in [-0.2, -0.15) is 0 Å². The molecule has 0 radical (unpaired) electrons. The quantitative estimate of drug-likeness (QED) is 0.762. The molecule has 2 nitrogen and oxygen atoms in total. The standard InChI is InChI=1S/C18H31NO/c1-6-14(5)10-17-12-15(13-19(8-3)9-4)11-16(7-2)18(17)20/h11-12,14,20H,6-10,13H2,1-5H3. The van der Waals surface area contributed by atoms with E-state index in [2.05, 4.69) is 51.7 Å². The first-order valence-electron chi connectivity index (χ1n) is 8.11. The average molecular weight is 277 g/mol. The number of hydrogen-bond donors (Lipinski definition) is 1. The summed E-state index contributed by atoms with van der Waals surface area (Å²) in [7, 11) is 0. The number of rotatable bonds is 8. The molecule has 0 saturated heterocycles. The maximum Gasteiger partial charge on any atom is 0.121 e. The van der Waals surface area contributed by atoms with E-state index in [-0.39, 0.29) is 0 Å². The summed E-state index contributed by atoms with van der Waals surface area (Å²) < 4.78 is 0. The summed E-state index contributed by atoms with van der Waals surface area (Å²) in [5, 5.41) is 10.4. The predicted octanol–water partition coefficient (Wildman–Crippen LogP) is 4.39. The van der Waals surface area contributed by atoms with Crippen LogP contribution < -0.4 is 0 Å². The van der Waals surface area contributed by atoms with Crippen molar-refractivity contribution in [2.45, 2.75) is 60.4 Å². The number of benzene rings is 1. The van der Waals surface area contributed by atoms with Crippen molar-refractivity contribution in [2.24, 2.45) is 5.92 Å². The Bertz CT molecular complexity index is 410. The molecule has 1 N–H and O–H groups in total. The van der Waals surface area contributed by atoms with Crippen LogP contribution in [0.15, 0.2) is 12.1 Å². The molecule has 0 fully saturated rings. The molecule has 2 heteroatoms. The molecule has 1 unspecified atom stereocenters. The van der Waals surface area contributed by atoms with Gasteiger partial charge >= 0.3 is 0 Å². The molecule has 0 aliphatic rings. The molecular weight excluding hydrogens is 246 g/mol. The van der Waals surface area contributed by atoms with Gasteiger partial charge in [0.1, 0.15) is 5.75 Å². The zero-order chi connectivity index (χ0) is 15.1. The highest BCUT2D eigenvalue weighted by molar-refractivity contribution is 5.44. The predicted molar refractivity (Wildman–Crippen MR) is 87.3 cm³/mol. The van der Waals surface area contributed by atoms with E-state index in [1.807, 2.05) is 0 Å². The molecule has 0 aliphatic heterocycles. The van der Waals surface area contributed by atoms with Gasteiger partial charge in [0.05, 0.1) is 0 Å². The van der Waals surface area contributed by atoms with Crippen LogP contribution in [0.25, 0.3) is 0 Å². The van der Waals surface area contributed by atoms with Crippen molar-refractivity contribution in [1.82, 2.24) is 4.90 Å². The molecule has 0 saturated carbocycles. The first-order chi connectivity index (χ1) is 9.55. The van der Waals surface area contributed by atoms with E-state index in [1.54, 1.807) is 0 Å². The summed E-state index contributed by atoms with van der Waals surface area (Å²) in [5.41, 5.74) is 3.55. The first kappa shape index (κ1) is 17.0. The van der Waals surface area contributed by atoms with Gasteiger partial charge in [-0.25, -0.2) is 0 Å². The summed E-state index contributed by atoms with van der Waals surface area (Å²) in [5.74, 6) is 1.14. The summed E-state index contributed by atoms with van der Waals surface area (Å²) >= 11 is 0. The van der Waals surface area contributed by atoms with Crippen LogP contribution in [0, 0.1) is 5.92 Å². The monoisotopic (exact) mass is 277 g/mol. The molecule has 20 heavy (non-hydrogen) atoms. The molecule has 1 rings (SSSR count). The van der Waals surface area contributed by atoms with Crippen LogP contribution in [0.3, 0.4) is 0 Å². The topological polar surface area (TPSA) is 23.5 Å². The molecule has 1 aromatic carbocycles. The number of phenolic OH excluding ortho intramolecular Hbond substituents is 1. The van der Waals surface area contributed by atoms with E-state index in [4.69, 9.17) is 0 Å². The minimum atomic E-state index is 0.524. The SMILES string of the molecule is CCc1cc(CN(CC)CC)cc(CC(C)CC)c1O. The van der Waals surface area contributed by atoms with E-state index in [1.165, 1.54) is 5.56 Å². The van der Waals surface area contributed by atoms with Crippen molar-refractivity contribution < 1.29 is 5.11 Å². The molecule has 1 aromatic rings. The lowest BCUT2D eigenvalue weighted by Crippen LogP contribution is -2.22. The van der Waals surface area contributed by atoms with Crippen LogP contribution in [0.2, 0.25) is 0 Å². The third-order valence-electron chi connectivity index (χ3n) is 4.27. The van der Waals surface area contributed by atoms with Gasteiger partial charge in [-0.05, 0) is 48.5 Å². The Morgan fingerprint density at radius 1 is 1.05 bits per heavy atom. The largest absolute Gasteiger partial charge is 0.507 e. The Balaban J connectivity index is 3.04. The van der Waals surface area contributed by atoms with E-state index in [9.17, 15) is 5.11 Å². The van der Waals surface area contributed by atoms with Gasteiger partial charge in [0, 0.05) is 6.54 Å². The Labute approximate surface area is 124 Å². The highest BCUT2D eigenvalue weighted by atomic mass is 16.3. The van der Waals surface area contributed by atoms with Gasteiger partial charge in [-0.15, -0.1) is 0 Å². The molecule has 0 spiro atoms. The second kappa shape index (κ2) is 8.31. The molecule has 0 bridgehead atoms. The Morgan fingerprint density at radius 2 is 1.65 bits per heavy atom. The van der Waals surface area contributed by atoms with E-state index in [0.29, 0.717) is 11.7 Å². The van der Waals surface area contributed by atoms with Crippen LogP contribution in [0.5, 0.6) is 5.75 Å². The summed E-state index contributed by atoms with van der Waals surface area (Å²) in [6, 6.07) is 4.38. The normalized spacial score (nSPS) is 12.9. The van der Waals surface area contributed by atoms with Gasteiger partial charge in [0.15, 0.2) is 0 Å². The fourth-order valence-corrected chi connectivity index (χ4v) is 2.57. The van der Waals surface area contributed by atoms with Crippen LogP contribution in [-0.2, 0) is 19.4 Å². The zero-order valence-electron chi connectivity index (χ0n) is 13.9. The number of phenols is 1. The number of hydrogen-bond acceptors (Lipinski definition) is 2. The lowest BCUT2D eigenvalue weighted by atomic mass is 9.93.